The second-order valence-corrected chi connectivity index (χ2v) is 4.75. The van der Waals surface area contributed by atoms with Crippen LogP contribution in [0.15, 0.2) is 23.7 Å². The number of ether oxygens (including phenoxy) is 1. The van der Waals surface area contributed by atoms with Crippen molar-refractivity contribution in [2.45, 2.75) is 13.8 Å². The van der Waals surface area contributed by atoms with Gasteiger partial charge in [-0.15, -0.1) is 11.3 Å². The van der Waals surface area contributed by atoms with E-state index >= 15 is 0 Å². The third-order valence-corrected chi connectivity index (χ3v) is 3.08. The Morgan fingerprint density at radius 3 is 2.95 bits per heavy atom. The second kappa shape index (κ2) is 5.79. The molecule has 2 rings (SSSR count). The minimum Gasteiger partial charge on any atom is -0.461 e. The highest BCUT2D eigenvalue weighted by molar-refractivity contribution is 7.14. The van der Waals surface area contributed by atoms with Gasteiger partial charge < -0.3 is 10.1 Å². The molecule has 4 nitrogen and oxygen atoms in total. The predicted octanol–water partition coefficient (Wildman–Crippen LogP) is 3.51. The number of nitrogens with zero attached hydrogens (tertiary/aromatic N) is 1. The van der Waals surface area contributed by atoms with Gasteiger partial charge in [-0.1, -0.05) is 0 Å². The topological polar surface area (TPSA) is 51.2 Å². The first-order chi connectivity index (χ1) is 9.10. The Bertz CT molecular complexity index is 578. The number of carbonyl (C=O) groups is 1. The number of benzene rings is 1. The maximum absolute atomic E-state index is 13.3. The molecule has 100 valence electrons. The number of hydrogen-bond acceptors (Lipinski definition) is 5. The van der Waals surface area contributed by atoms with Crippen molar-refractivity contribution in [1.82, 2.24) is 4.98 Å². The number of nitrogens with one attached hydrogen (secondary N) is 1. The molecule has 0 aliphatic rings. The summed E-state index contributed by atoms with van der Waals surface area (Å²) in [5, 5.41) is 3.53. The Morgan fingerprint density at radius 2 is 2.26 bits per heavy atom. The molecule has 0 bridgehead atoms. The Hall–Kier alpha value is -1.95. The summed E-state index contributed by atoms with van der Waals surface area (Å²) in [5.74, 6) is -0.816. The van der Waals surface area contributed by atoms with Gasteiger partial charge in [0.2, 0.25) is 0 Å². The van der Waals surface area contributed by atoms with E-state index in [4.69, 9.17) is 4.74 Å². The van der Waals surface area contributed by atoms with Gasteiger partial charge in [-0.05, 0) is 37.6 Å². The fraction of sp³-hybridized carbons (Fsp3) is 0.231. The first-order valence-electron chi connectivity index (χ1n) is 5.75. The number of hydrogen-bond donors (Lipinski definition) is 1. The van der Waals surface area contributed by atoms with Gasteiger partial charge in [-0.2, -0.15) is 0 Å². The molecule has 19 heavy (non-hydrogen) atoms. The number of aryl methyl sites for hydroxylation is 1. The SMILES string of the molecule is CCOC(=O)c1ncsc1Nc1cc(C)cc(F)c1. The molecule has 1 N–H and O–H groups in total. The third kappa shape index (κ3) is 3.29. The third-order valence-electron chi connectivity index (χ3n) is 2.34. The summed E-state index contributed by atoms with van der Waals surface area (Å²) in [6.07, 6.45) is 0. The zero-order valence-corrected chi connectivity index (χ0v) is 11.4. The fourth-order valence-electron chi connectivity index (χ4n) is 1.62. The standard InChI is InChI=1S/C13H13FN2O2S/c1-3-18-13(17)11-12(19-7-15-11)16-10-5-8(2)4-9(14)6-10/h4-7,16H,3H2,1-2H3. The Labute approximate surface area is 114 Å². The summed E-state index contributed by atoms with van der Waals surface area (Å²) in [6.45, 7) is 3.81. The minimum atomic E-state index is -0.487. The van der Waals surface area contributed by atoms with Crippen LogP contribution in [-0.4, -0.2) is 17.6 Å². The van der Waals surface area contributed by atoms with Gasteiger partial charge in [0.05, 0.1) is 12.1 Å². The highest BCUT2D eigenvalue weighted by Crippen LogP contribution is 2.26. The molecule has 0 saturated carbocycles. The number of carbonyl (C=O) groups excluding carboxylic acids is 1. The van der Waals surface area contributed by atoms with Gasteiger partial charge in [0, 0.05) is 5.69 Å². The summed E-state index contributed by atoms with van der Waals surface area (Å²) in [4.78, 5) is 15.6. The van der Waals surface area contributed by atoms with Crippen molar-refractivity contribution in [3.63, 3.8) is 0 Å². The first-order valence-corrected chi connectivity index (χ1v) is 6.63. The number of thiazole rings is 1. The molecule has 1 aromatic carbocycles. The molecule has 1 heterocycles. The number of halogens is 1. The fourth-order valence-corrected chi connectivity index (χ4v) is 2.31. The average Bonchev–Trinajstić information content (AvgIpc) is 2.76. The predicted molar refractivity (Wildman–Crippen MR) is 72.5 cm³/mol. The van der Waals surface area contributed by atoms with Gasteiger partial charge in [0.25, 0.3) is 0 Å². The van der Waals surface area contributed by atoms with Gasteiger partial charge in [0.15, 0.2) is 5.69 Å². The smallest absolute Gasteiger partial charge is 0.360 e. The van der Waals surface area contributed by atoms with Gasteiger partial charge >= 0.3 is 5.97 Å². The van der Waals surface area contributed by atoms with E-state index in [2.05, 4.69) is 10.3 Å². The number of anilines is 2. The lowest BCUT2D eigenvalue weighted by atomic mass is 10.2. The van der Waals surface area contributed by atoms with E-state index in [0.29, 0.717) is 10.7 Å². The largest absolute Gasteiger partial charge is 0.461 e. The molecule has 0 fully saturated rings. The highest BCUT2D eigenvalue weighted by Gasteiger charge is 2.16. The van der Waals surface area contributed by atoms with E-state index < -0.39 is 5.97 Å². The number of aromatic nitrogens is 1. The van der Waals surface area contributed by atoms with Crippen LogP contribution >= 0.6 is 11.3 Å². The molecular weight excluding hydrogens is 267 g/mol. The molecule has 2 aromatic rings. The van der Waals surface area contributed by atoms with Crippen LogP contribution in [-0.2, 0) is 4.74 Å². The van der Waals surface area contributed by atoms with Crippen molar-refractivity contribution >= 4 is 28.0 Å². The van der Waals surface area contributed by atoms with E-state index in [-0.39, 0.29) is 18.1 Å². The van der Waals surface area contributed by atoms with E-state index in [9.17, 15) is 9.18 Å². The van der Waals surface area contributed by atoms with E-state index in [1.807, 2.05) is 0 Å². The van der Waals surface area contributed by atoms with Gasteiger partial charge in [0.1, 0.15) is 10.8 Å². The Kier molecular flexibility index (Phi) is 4.11. The summed E-state index contributed by atoms with van der Waals surface area (Å²) in [5.41, 5.74) is 3.13. The molecule has 0 unspecified atom stereocenters. The average molecular weight is 280 g/mol. The van der Waals surface area contributed by atoms with Crippen molar-refractivity contribution in [3.05, 3.63) is 40.8 Å². The lowest BCUT2D eigenvalue weighted by Gasteiger charge is -2.07. The van der Waals surface area contributed by atoms with Crippen molar-refractivity contribution in [2.75, 3.05) is 11.9 Å². The van der Waals surface area contributed by atoms with Crippen molar-refractivity contribution in [3.8, 4) is 0 Å². The molecule has 0 radical (unpaired) electrons. The molecule has 1 aromatic heterocycles. The summed E-state index contributed by atoms with van der Waals surface area (Å²) in [7, 11) is 0. The molecular formula is C13H13FN2O2S. The zero-order chi connectivity index (χ0) is 13.8. The van der Waals surface area contributed by atoms with Crippen LogP contribution in [0.2, 0.25) is 0 Å². The molecule has 0 aliphatic carbocycles. The lowest BCUT2D eigenvalue weighted by Crippen LogP contribution is -2.07. The second-order valence-electron chi connectivity index (χ2n) is 3.89. The van der Waals surface area contributed by atoms with Crippen LogP contribution < -0.4 is 5.32 Å². The minimum absolute atomic E-state index is 0.216. The van der Waals surface area contributed by atoms with Gasteiger partial charge in [-0.3, -0.25) is 0 Å². The molecule has 0 atom stereocenters. The zero-order valence-electron chi connectivity index (χ0n) is 10.6. The first kappa shape index (κ1) is 13.5. The summed E-state index contributed by atoms with van der Waals surface area (Å²) in [6, 6.07) is 4.59. The van der Waals surface area contributed by atoms with E-state index in [1.54, 1.807) is 25.4 Å². The van der Waals surface area contributed by atoms with Crippen LogP contribution in [0.25, 0.3) is 0 Å². The monoisotopic (exact) mass is 280 g/mol. The molecule has 0 spiro atoms. The quantitative estimate of drug-likeness (QED) is 0.871. The molecule has 0 aliphatic heterocycles. The summed E-state index contributed by atoms with van der Waals surface area (Å²) >= 11 is 1.26. The van der Waals surface area contributed by atoms with Crippen LogP contribution in [0, 0.1) is 12.7 Å². The van der Waals surface area contributed by atoms with Crippen LogP contribution in [0.4, 0.5) is 15.1 Å². The van der Waals surface area contributed by atoms with E-state index in [0.717, 1.165) is 5.56 Å². The normalized spacial score (nSPS) is 10.3. The number of esters is 1. The summed E-state index contributed by atoms with van der Waals surface area (Å²) < 4.78 is 18.2. The van der Waals surface area contributed by atoms with Crippen molar-refractivity contribution in [2.24, 2.45) is 0 Å². The Balaban J connectivity index is 2.24. The van der Waals surface area contributed by atoms with Crippen LogP contribution in [0.3, 0.4) is 0 Å². The van der Waals surface area contributed by atoms with Crippen molar-refractivity contribution in [1.29, 1.82) is 0 Å². The maximum Gasteiger partial charge on any atom is 0.360 e. The van der Waals surface area contributed by atoms with Crippen LogP contribution in [0.5, 0.6) is 0 Å². The van der Waals surface area contributed by atoms with Gasteiger partial charge in [-0.25, -0.2) is 14.2 Å². The number of rotatable bonds is 4. The lowest BCUT2D eigenvalue weighted by molar-refractivity contribution is 0.0521. The molecule has 6 heteroatoms. The van der Waals surface area contributed by atoms with E-state index in [1.165, 1.54) is 23.5 Å². The molecule has 0 saturated heterocycles. The van der Waals surface area contributed by atoms with Crippen molar-refractivity contribution < 1.29 is 13.9 Å². The van der Waals surface area contributed by atoms with Crippen LogP contribution in [0.1, 0.15) is 23.0 Å². The Morgan fingerprint density at radius 1 is 1.47 bits per heavy atom. The highest BCUT2D eigenvalue weighted by atomic mass is 32.1. The maximum atomic E-state index is 13.3. The molecule has 0 amide bonds.